The fourth-order valence-corrected chi connectivity index (χ4v) is 4.84. The molecule has 35 heavy (non-hydrogen) atoms. The van der Waals surface area contributed by atoms with E-state index in [1.165, 1.54) is 6.07 Å². The lowest BCUT2D eigenvalue weighted by Crippen LogP contribution is -2.48. The van der Waals surface area contributed by atoms with Crippen molar-refractivity contribution < 1.29 is 18.0 Å². The highest BCUT2D eigenvalue weighted by atomic mass is 35.5. The third kappa shape index (κ3) is 5.84. The summed E-state index contributed by atoms with van der Waals surface area (Å²) in [6.07, 6.45) is 1.40. The van der Waals surface area contributed by atoms with Crippen LogP contribution in [0.1, 0.15) is 53.4 Å². The lowest BCUT2D eigenvalue weighted by atomic mass is 9.86. The largest absolute Gasteiger partial charge is 0.417 e. The van der Waals surface area contributed by atoms with Crippen molar-refractivity contribution in [3.05, 3.63) is 82.3 Å². The SMILES string of the molecule is Cc1ccc(-c2ccc(C(F)(F)F)cn2)c(C(=O)N2CCC[C@@H](C)C2CCc2ccc(Cl)cn2)c1. The van der Waals surface area contributed by atoms with Crippen molar-refractivity contribution in [1.29, 1.82) is 0 Å². The van der Waals surface area contributed by atoms with E-state index in [-0.39, 0.29) is 11.9 Å². The second-order valence-electron chi connectivity index (χ2n) is 9.17. The van der Waals surface area contributed by atoms with Gasteiger partial charge in [-0.05, 0) is 68.9 Å². The summed E-state index contributed by atoms with van der Waals surface area (Å²) in [5.74, 6) is 0.198. The third-order valence-corrected chi connectivity index (χ3v) is 6.86. The Bertz CT molecular complexity index is 1180. The molecule has 184 valence electrons. The van der Waals surface area contributed by atoms with Crippen molar-refractivity contribution in [3.63, 3.8) is 0 Å². The maximum absolute atomic E-state index is 13.9. The number of rotatable bonds is 5. The normalized spacial score (nSPS) is 18.5. The standard InChI is InChI=1S/C27H27ClF3N3O/c1-17-5-10-22(24-11-6-19(15-33-24)27(29,30)31)23(14-17)26(35)34-13-3-4-18(2)25(34)12-9-21-8-7-20(28)16-32-21/h5-8,10-11,14-16,18,25H,3-4,9,12-13H2,1-2H3/t18-,25?/m1/s1. The van der Waals surface area contributed by atoms with Crippen LogP contribution in [-0.2, 0) is 12.6 Å². The van der Waals surface area contributed by atoms with Gasteiger partial charge < -0.3 is 4.90 Å². The molecule has 1 aliphatic heterocycles. The van der Waals surface area contributed by atoms with Gasteiger partial charge in [0, 0.05) is 41.8 Å². The molecule has 0 aliphatic carbocycles. The Labute approximate surface area is 208 Å². The van der Waals surface area contributed by atoms with Crippen molar-refractivity contribution in [2.75, 3.05) is 6.54 Å². The lowest BCUT2D eigenvalue weighted by Gasteiger charge is -2.40. The topological polar surface area (TPSA) is 46.1 Å². The van der Waals surface area contributed by atoms with Crippen LogP contribution in [0.5, 0.6) is 0 Å². The molecule has 3 aromatic rings. The average molecular weight is 502 g/mol. The van der Waals surface area contributed by atoms with Crippen LogP contribution in [0.2, 0.25) is 5.02 Å². The molecule has 1 fully saturated rings. The van der Waals surface area contributed by atoms with E-state index in [0.717, 1.165) is 49.2 Å². The second-order valence-corrected chi connectivity index (χ2v) is 9.61. The number of carbonyl (C=O) groups excluding carboxylic acids is 1. The maximum atomic E-state index is 13.9. The minimum absolute atomic E-state index is 0.0302. The molecule has 2 atom stereocenters. The molecule has 1 unspecified atom stereocenters. The summed E-state index contributed by atoms with van der Waals surface area (Å²) < 4.78 is 39.0. The van der Waals surface area contributed by atoms with Gasteiger partial charge in [0.05, 0.1) is 16.3 Å². The van der Waals surface area contributed by atoms with Crippen LogP contribution in [0, 0.1) is 12.8 Å². The Kier molecular flexibility index (Phi) is 7.45. The van der Waals surface area contributed by atoms with Crippen molar-refractivity contribution in [2.45, 2.75) is 51.7 Å². The Morgan fingerprint density at radius 3 is 2.57 bits per heavy atom. The smallest absolute Gasteiger partial charge is 0.335 e. The molecule has 4 rings (SSSR count). The minimum atomic E-state index is -4.46. The number of alkyl halides is 3. The molecular formula is C27H27ClF3N3O. The molecule has 1 amide bonds. The molecule has 1 aromatic carbocycles. The number of halogens is 4. The summed E-state index contributed by atoms with van der Waals surface area (Å²) in [5, 5.41) is 0.584. The van der Waals surface area contributed by atoms with Crippen LogP contribution >= 0.6 is 11.6 Å². The zero-order valence-electron chi connectivity index (χ0n) is 19.6. The van der Waals surface area contributed by atoms with Gasteiger partial charge in [-0.2, -0.15) is 13.2 Å². The zero-order valence-corrected chi connectivity index (χ0v) is 20.4. The first-order chi connectivity index (χ1) is 16.6. The predicted octanol–water partition coefficient (Wildman–Crippen LogP) is 7.00. The van der Waals surface area contributed by atoms with E-state index < -0.39 is 11.7 Å². The number of likely N-dealkylation sites (tertiary alicyclic amines) is 1. The number of piperidine rings is 1. The molecule has 0 N–H and O–H groups in total. The molecule has 0 radical (unpaired) electrons. The molecule has 4 nitrogen and oxygen atoms in total. The number of hydrogen-bond donors (Lipinski definition) is 0. The van der Waals surface area contributed by atoms with Crippen molar-refractivity contribution in [2.24, 2.45) is 5.92 Å². The van der Waals surface area contributed by atoms with Crippen molar-refractivity contribution in [1.82, 2.24) is 14.9 Å². The number of hydrogen-bond acceptors (Lipinski definition) is 3. The van der Waals surface area contributed by atoms with Gasteiger partial charge in [-0.25, -0.2) is 0 Å². The summed E-state index contributed by atoms with van der Waals surface area (Å²) in [4.78, 5) is 24.2. The quantitative estimate of drug-likeness (QED) is 0.378. The Morgan fingerprint density at radius 1 is 1.11 bits per heavy atom. The summed E-state index contributed by atoms with van der Waals surface area (Å²) in [6.45, 7) is 4.69. The highest BCUT2D eigenvalue weighted by Crippen LogP contribution is 2.33. The number of amides is 1. The number of pyridine rings is 2. The fraction of sp³-hybridized carbons (Fsp3) is 0.370. The molecule has 0 saturated carbocycles. The predicted molar refractivity (Wildman–Crippen MR) is 130 cm³/mol. The monoisotopic (exact) mass is 501 g/mol. The average Bonchev–Trinajstić information content (AvgIpc) is 2.83. The molecule has 2 aromatic heterocycles. The van der Waals surface area contributed by atoms with Crippen LogP contribution in [0.4, 0.5) is 13.2 Å². The minimum Gasteiger partial charge on any atom is -0.335 e. The zero-order chi connectivity index (χ0) is 25.2. The number of aromatic nitrogens is 2. The van der Waals surface area contributed by atoms with E-state index in [1.807, 2.05) is 30.0 Å². The fourth-order valence-electron chi connectivity index (χ4n) is 4.73. The maximum Gasteiger partial charge on any atom is 0.417 e. The Hall–Kier alpha value is -2.93. The van der Waals surface area contributed by atoms with Crippen molar-refractivity contribution >= 4 is 17.5 Å². The van der Waals surface area contributed by atoms with Crippen LogP contribution in [0.15, 0.2) is 54.9 Å². The van der Waals surface area contributed by atoms with E-state index in [2.05, 4.69) is 16.9 Å². The number of aryl methyl sites for hydroxylation is 2. The lowest BCUT2D eigenvalue weighted by molar-refractivity contribution is -0.137. The molecule has 0 spiro atoms. The van der Waals surface area contributed by atoms with Gasteiger partial charge >= 0.3 is 6.18 Å². The molecule has 1 aliphatic rings. The van der Waals surface area contributed by atoms with E-state index in [9.17, 15) is 18.0 Å². The number of benzene rings is 1. The molecule has 1 saturated heterocycles. The first kappa shape index (κ1) is 25.2. The van der Waals surface area contributed by atoms with Gasteiger partial charge in [0.1, 0.15) is 0 Å². The van der Waals surface area contributed by atoms with E-state index in [0.29, 0.717) is 34.3 Å². The van der Waals surface area contributed by atoms with Gasteiger partial charge in [0.2, 0.25) is 0 Å². The van der Waals surface area contributed by atoms with Gasteiger partial charge in [-0.1, -0.05) is 36.2 Å². The Balaban J connectivity index is 1.62. The molecule has 8 heteroatoms. The number of nitrogens with zero attached hydrogens (tertiary/aromatic N) is 3. The van der Waals surface area contributed by atoms with E-state index in [1.54, 1.807) is 18.3 Å². The molecular weight excluding hydrogens is 475 g/mol. The first-order valence-corrected chi connectivity index (χ1v) is 12.1. The van der Waals surface area contributed by atoms with Gasteiger partial charge in [0.25, 0.3) is 5.91 Å². The summed E-state index contributed by atoms with van der Waals surface area (Å²) in [7, 11) is 0. The third-order valence-electron chi connectivity index (χ3n) is 6.63. The highest BCUT2D eigenvalue weighted by molar-refractivity contribution is 6.30. The van der Waals surface area contributed by atoms with Gasteiger partial charge in [-0.15, -0.1) is 0 Å². The summed E-state index contributed by atoms with van der Waals surface area (Å²) in [6, 6.07) is 11.5. The van der Waals surface area contributed by atoms with Crippen LogP contribution in [0.3, 0.4) is 0 Å². The van der Waals surface area contributed by atoms with Gasteiger partial charge in [0.15, 0.2) is 0 Å². The summed E-state index contributed by atoms with van der Waals surface area (Å²) >= 11 is 5.95. The van der Waals surface area contributed by atoms with Crippen LogP contribution < -0.4 is 0 Å². The van der Waals surface area contributed by atoms with E-state index >= 15 is 0 Å². The first-order valence-electron chi connectivity index (χ1n) is 11.7. The van der Waals surface area contributed by atoms with Crippen molar-refractivity contribution in [3.8, 4) is 11.3 Å². The second kappa shape index (κ2) is 10.4. The highest BCUT2D eigenvalue weighted by Gasteiger charge is 2.34. The van der Waals surface area contributed by atoms with Crippen LogP contribution in [-0.4, -0.2) is 33.4 Å². The Morgan fingerprint density at radius 2 is 1.91 bits per heavy atom. The number of carbonyl (C=O) groups is 1. The molecule has 3 heterocycles. The van der Waals surface area contributed by atoms with Crippen LogP contribution in [0.25, 0.3) is 11.3 Å². The van der Waals surface area contributed by atoms with Gasteiger partial charge in [-0.3, -0.25) is 14.8 Å². The van der Waals surface area contributed by atoms with E-state index in [4.69, 9.17) is 11.6 Å². The summed E-state index contributed by atoms with van der Waals surface area (Å²) in [5.41, 5.74) is 2.34. The molecule has 0 bridgehead atoms.